The summed E-state index contributed by atoms with van der Waals surface area (Å²) in [7, 11) is -4.07. The molecule has 4 aromatic rings. The Hall–Kier alpha value is -3.15. The maximum Gasteiger partial charge on any atom is 0.240 e. The Bertz CT molecular complexity index is 1410. The number of H-pyrrole nitrogens is 1. The van der Waals surface area contributed by atoms with Crippen molar-refractivity contribution in [3.05, 3.63) is 65.2 Å². The summed E-state index contributed by atoms with van der Waals surface area (Å²) in [5.74, 6) is -2.85. The van der Waals surface area contributed by atoms with Gasteiger partial charge in [0.05, 0.1) is 10.6 Å². The molecule has 11 heteroatoms. The van der Waals surface area contributed by atoms with Crippen LogP contribution in [-0.4, -0.2) is 30.8 Å². The summed E-state index contributed by atoms with van der Waals surface area (Å²) in [6, 6.07) is 10.1. The average Bonchev–Trinajstić information content (AvgIpc) is 3.32. The lowest BCUT2D eigenvalue weighted by Crippen LogP contribution is -2.28. The molecule has 1 amide bonds. The first-order valence-electron chi connectivity index (χ1n) is 9.52. The molecular formula is C21H18F2N4O3S2. The number of nitrogens with zero attached hydrogens (tertiary/aromatic N) is 1. The summed E-state index contributed by atoms with van der Waals surface area (Å²) in [5.41, 5.74) is 3.63. The molecular weight excluding hydrogens is 458 g/mol. The van der Waals surface area contributed by atoms with E-state index in [-0.39, 0.29) is 13.0 Å². The van der Waals surface area contributed by atoms with Gasteiger partial charge >= 0.3 is 0 Å². The molecule has 2 aromatic carbocycles. The molecule has 2 heterocycles. The number of thiazole rings is 1. The Morgan fingerprint density at radius 1 is 1.16 bits per heavy atom. The van der Waals surface area contributed by atoms with E-state index in [0.29, 0.717) is 11.2 Å². The van der Waals surface area contributed by atoms with Crippen molar-refractivity contribution in [3.63, 3.8) is 0 Å². The first-order valence-corrected chi connectivity index (χ1v) is 11.9. The molecule has 32 heavy (non-hydrogen) atoms. The van der Waals surface area contributed by atoms with Crippen LogP contribution < -0.4 is 10.0 Å². The second-order valence-electron chi connectivity index (χ2n) is 6.98. The molecule has 0 bridgehead atoms. The number of fused-ring (bicyclic) bond motifs is 1. The first kappa shape index (κ1) is 22.1. The molecule has 0 unspecified atom stereocenters. The number of halogens is 2. The Morgan fingerprint density at radius 3 is 2.72 bits per heavy atom. The van der Waals surface area contributed by atoms with Gasteiger partial charge in [0.15, 0.2) is 16.8 Å². The summed E-state index contributed by atoms with van der Waals surface area (Å²) in [5, 5.41) is 5.90. The fourth-order valence-electron chi connectivity index (χ4n) is 3.26. The third kappa shape index (κ3) is 4.54. The van der Waals surface area contributed by atoms with Crippen molar-refractivity contribution in [1.82, 2.24) is 14.7 Å². The summed E-state index contributed by atoms with van der Waals surface area (Å²) in [6.45, 7) is 1.74. The van der Waals surface area contributed by atoms with E-state index in [1.54, 1.807) is 0 Å². The van der Waals surface area contributed by atoms with E-state index >= 15 is 0 Å². The van der Waals surface area contributed by atoms with E-state index in [9.17, 15) is 22.0 Å². The van der Waals surface area contributed by atoms with Gasteiger partial charge in [-0.15, -0.1) is 11.3 Å². The molecule has 0 atom stereocenters. The first-order chi connectivity index (χ1) is 15.2. The number of sulfonamides is 1. The van der Waals surface area contributed by atoms with Gasteiger partial charge in [-0.05, 0) is 31.2 Å². The molecule has 2 aromatic heterocycles. The van der Waals surface area contributed by atoms with Crippen molar-refractivity contribution in [1.29, 1.82) is 0 Å². The van der Waals surface area contributed by atoms with Crippen LogP contribution in [0.15, 0.2) is 52.7 Å². The van der Waals surface area contributed by atoms with Gasteiger partial charge in [0, 0.05) is 40.5 Å². The highest BCUT2D eigenvalue weighted by molar-refractivity contribution is 7.89. The highest BCUT2D eigenvalue weighted by atomic mass is 32.2. The monoisotopic (exact) mass is 476 g/mol. The van der Waals surface area contributed by atoms with Crippen LogP contribution in [0.5, 0.6) is 0 Å². The van der Waals surface area contributed by atoms with Crippen LogP contribution >= 0.6 is 11.3 Å². The van der Waals surface area contributed by atoms with Gasteiger partial charge in [-0.25, -0.2) is 26.9 Å². The summed E-state index contributed by atoms with van der Waals surface area (Å²) in [4.78, 5) is 19.6. The second kappa shape index (κ2) is 8.77. The van der Waals surface area contributed by atoms with Gasteiger partial charge in [-0.3, -0.25) is 4.79 Å². The summed E-state index contributed by atoms with van der Waals surface area (Å²) in [6.07, 6.45) is -0.163. The number of carbonyl (C=O) groups excluding carboxylic acids is 1. The summed E-state index contributed by atoms with van der Waals surface area (Å²) < 4.78 is 52.8. The number of anilines is 1. The van der Waals surface area contributed by atoms with Gasteiger partial charge in [0.2, 0.25) is 15.9 Å². The van der Waals surface area contributed by atoms with Gasteiger partial charge in [0.1, 0.15) is 0 Å². The minimum Gasteiger partial charge on any atom is -0.358 e. The minimum absolute atomic E-state index is 0.163. The van der Waals surface area contributed by atoms with Crippen molar-refractivity contribution in [2.45, 2.75) is 18.2 Å². The molecule has 0 spiro atoms. The maximum absolute atomic E-state index is 13.3. The number of hydrogen-bond donors (Lipinski definition) is 3. The molecule has 4 rings (SSSR count). The van der Waals surface area contributed by atoms with Crippen LogP contribution in [-0.2, 0) is 14.8 Å². The Kier molecular flexibility index (Phi) is 6.04. The Morgan fingerprint density at radius 2 is 1.94 bits per heavy atom. The lowest BCUT2D eigenvalue weighted by molar-refractivity contribution is -0.116. The van der Waals surface area contributed by atoms with Crippen molar-refractivity contribution in [3.8, 4) is 11.3 Å². The van der Waals surface area contributed by atoms with Crippen molar-refractivity contribution in [2.75, 3.05) is 11.9 Å². The van der Waals surface area contributed by atoms with Crippen LogP contribution in [0.4, 0.5) is 13.9 Å². The van der Waals surface area contributed by atoms with E-state index in [0.717, 1.165) is 40.0 Å². The minimum atomic E-state index is -4.07. The number of nitrogens with one attached hydrogen (secondary N) is 3. The highest BCUT2D eigenvalue weighted by Crippen LogP contribution is 2.33. The Labute approximate surface area is 186 Å². The number of hydrogen-bond acceptors (Lipinski definition) is 5. The molecule has 0 fully saturated rings. The van der Waals surface area contributed by atoms with Crippen LogP contribution in [0.25, 0.3) is 22.2 Å². The standard InChI is InChI=1S/C21H18F2N4O3S2/c1-12-20(14-4-2-3-5-17(14)25-12)18-11-31-21(26-18)27-19(28)8-9-24-32(29,30)13-6-7-15(22)16(23)10-13/h2-7,10-11,24-25H,8-9H2,1H3,(H,26,27,28). The smallest absolute Gasteiger partial charge is 0.240 e. The number of aromatic nitrogens is 2. The number of para-hydroxylation sites is 1. The van der Waals surface area contributed by atoms with E-state index in [1.807, 2.05) is 36.6 Å². The van der Waals surface area contributed by atoms with Gasteiger partial charge < -0.3 is 10.3 Å². The molecule has 0 saturated heterocycles. The maximum atomic E-state index is 13.3. The number of aromatic amines is 1. The molecule has 0 aliphatic rings. The quantitative estimate of drug-likeness (QED) is 0.372. The molecule has 0 saturated carbocycles. The molecule has 166 valence electrons. The lowest BCUT2D eigenvalue weighted by atomic mass is 10.1. The number of aryl methyl sites for hydroxylation is 1. The Balaban J connectivity index is 1.37. The lowest BCUT2D eigenvalue weighted by Gasteiger charge is -2.07. The zero-order valence-electron chi connectivity index (χ0n) is 16.8. The van der Waals surface area contributed by atoms with Crippen LogP contribution in [0.2, 0.25) is 0 Å². The fraction of sp³-hybridized carbons (Fsp3) is 0.143. The molecule has 3 N–H and O–H groups in total. The molecule has 0 aliphatic carbocycles. The number of amides is 1. The molecule has 0 aliphatic heterocycles. The number of rotatable bonds is 7. The van der Waals surface area contributed by atoms with Gasteiger partial charge in [-0.2, -0.15) is 0 Å². The van der Waals surface area contributed by atoms with Crippen molar-refractivity contribution >= 4 is 43.3 Å². The van der Waals surface area contributed by atoms with Crippen LogP contribution in [0.1, 0.15) is 12.1 Å². The largest absolute Gasteiger partial charge is 0.358 e. The van der Waals surface area contributed by atoms with Gasteiger partial charge in [-0.1, -0.05) is 18.2 Å². The summed E-state index contributed by atoms with van der Waals surface area (Å²) >= 11 is 1.26. The highest BCUT2D eigenvalue weighted by Gasteiger charge is 2.18. The van der Waals surface area contributed by atoms with Gasteiger partial charge in [0.25, 0.3) is 0 Å². The zero-order valence-corrected chi connectivity index (χ0v) is 18.4. The second-order valence-corrected chi connectivity index (χ2v) is 9.61. The molecule has 0 radical (unpaired) electrons. The van der Waals surface area contributed by atoms with Crippen LogP contribution in [0, 0.1) is 18.6 Å². The van der Waals surface area contributed by atoms with Crippen molar-refractivity contribution < 1.29 is 22.0 Å². The van der Waals surface area contributed by atoms with Crippen molar-refractivity contribution in [2.24, 2.45) is 0 Å². The predicted molar refractivity (Wildman–Crippen MR) is 119 cm³/mol. The average molecular weight is 477 g/mol. The van der Waals surface area contributed by atoms with E-state index < -0.39 is 32.5 Å². The zero-order chi connectivity index (χ0) is 22.9. The third-order valence-electron chi connectivity index (χ3n) is 4.75. The molecule has 7 nitrogen and oxygen atoms in total. The number of benzene rings is 2. The van der Waals surface area contributed by atoms with E-state index in [2.05, 4.69) is 20.0 Å². The van der Waals surface area contributed by atoms with E-state index in [4.69, 9.17) is 0 Å². The normalized spacial score (nSPS) is 11.7. The fourth-order valence-corrected chi connectivity index (χ4v) is 5.02. The predicted octanol–water partition coefficient (Wildman–Crippen LogP) is 4.19. The SMILES string of the molecule is Cc1[nH]c2ccccc2c1-c1csc(NC(=O)CCNS(=O)(=O)c2ccc(F)c(F)c2)n1. The topological polar surface area (TPSA) is 104 Å². The van der Waals surface area contributed by atoms with E-state index in [1.165, 1.54) is 11.3 Å². The van der Waals surface area contributed by atoms with Crippen LogP contribution in [0.3, 0.4) is 0 Å². The number of carbonyl (C=O) groups is 1. The third-order valence-corrected chi connectivity index (χ3v) is 6.96.